The van der Waals surface area contributed by atoms with Gasteiger partial charge in [-0.3, -0.25) is 4.68 Å². The highest BCUT2D eigenvalue weighted by molar-refractivity contribution is 5.85. The molecule has 0 saturated heterocycles. The Labute approximate surface area is 122 Å². The Bertz CT molecular complexity index is 337. The molecule has 2 N–H and O–H groups in total. The Balaban J connectivity index is 0.00000180. The molecule has 0 spiro atoms. The summed E-state index contributed by atoms with van der Waals surface area (Å²) < 4.78 is 7.67. The van der Waals surface area contributed by atoms with E-state index < -0.39 is 0 Å². The molecule has 0 amide bonds. The summed E-state index contributed by atoms with van der Waals surface area (Å²) in [7, 11) is 0. The lowest BCUT2D eigenvalue weighted by Gasteiger charge is -2.21. The summed E-state index contributed by atoms with van der Waals surface area (Å²) in [5.74, 6) is 1.70. The lowest BCUT2D eigenvalue weighted by molar-refractivity contribution is 0.300. The third-order valence-electron chi connectivity index (χ3n) is 3.65. The van der Waals surface area contributed by atoms with Gasteiger partial charge in [0.1, 0.15) is 0 Å². The molecule has 1 heterocycles. The number of rotatable bonds is 7. The largest absolute Gasteiger partial charge is 0.490 e. The first kappa shape index (κ1) is 16.3. The quantitative estimate of drug-likeness (QED) is 0.784. The Morgan fingerprint density at radius 1 is 1.26 bits per heavy atom. The van der Waals surface area contributed by atoms with E-state index in [1.165, 1.54) is 32.1 Å². The minimum atomic E-state index is 0. The first-order valence-electron chi connectivity index (χ1n) is 7.24. The van der Waals surface area contributed by atoms with Crippen LogP contribution in [-0.4, -0.2) is 22.9 Å². The van der Waals surface area contributed by atoms with Gasteiger partial charge < -0.3 is 10.5 Å². The van der Waals surface area contributed by atoms with Crippen molar-refractivity contribution in [2.45, 2.75) is 51.5 Å². The maximum atomic E-state index is 5.64. The molecule has 2 rings (SSSR count). The van der Waals surface area contributed by atoms with Crippen molar-refractivity contribution >= 4 is 12.4 Å². The standard InChI is InChI=1S/C14H25N3O.ClH/c15-8-4-5-9-18-14-10-16-17(12-14)11-13-6-2-1-3-7-13;/h10,12-13H,1-9,11,15H2;1H. The number of hydrogen-bond donors (Lipinski definition) is 1. The minimum absolute atomic E-state index is 0. The van der Waals surface area contributed by atoms with Crippen LogP contribution in [0.4, 0.5) is 0 Å². The average molecular weight is 288 g/mol. The van der Waals surface area contributed by atoms with E-state index in [1.54, 1.807) is 0 Å². The molecule has 0 aromatic carbocycles. The second-order valence-corrected chi connectivity index (χ2v) is 5.25. The van der Waals surface area contributed by atoms with Gasteiger partial charge >= 0.3 is 0 Å². The normalized spacial score (nSPS) is 16.1. The van der Waals surface area contributed by atoms with Crippen LogP contribution in [0.5, 0.6) is 5.75 Å². The molecule has 1 aliphatic rings. The number of nitrogens with two attached hydrogens (primary N) is 1. The van der Waals surface area contributed by atoms with Gasteiger partial charge in [0.15, 0.2) is 5.75 Å². The summed E-state index contributed by atoms with van der Waals surface area (Å²) in [4.78, 5) is 0. The fraction of sp³-hybridized carbons (Fsp3) is 0.786. The summed E-state index contributed by atoms with van der Waals surface area (Å²) in [6.07, 6.45) is 12.8. The Morgan fingerprint density at radius 2 is 2.05 bits per heavy atom. The maximum Gasteiger partial charge on any atom is 0.157 e. The van der Waals surface area contributed by atoms with Crippen molar-refractivity contribution in [2.24, 2.45) is 11.7 Å². The Hall–Kier alpha value is -0.740. The molecule has 1 fully saturated rings. The monoisotopic (exact) mass is 287 g/mol. The topological polar surface area (TPSA) is 53.1 Å². The smallest absolute Gasteiger partial charge is 0.157 e. The van der Waals surface area contributed by atoms with E-state index in [9.17, 15) is 0 Å². The van der Waals surface area contributed by atoms with Crippen molar-refractivity contribution in [1.82, 2.24) is 9.78 Å². The van der Waals surface area contributed by atoms with Gasteiger partial charge in [0.05, 0.1) is 19.0 Å². The van der Waals surface area contributed by atoms with Crippen molar-refractivity contribution in [1.29, 1.82) is 0 Å². The van der Waals surface area contributed by atoms with Crippen molar-refractivity contribution in [3.63, 3.8) is 0 Å². The van der Waals surface area contributed by atoms with E-state index in [4.69, 9.17) is 10.5 Å². The third-order valence-corrected chi connectivity index (χ3v) is 3.65. The molecular weight excluding hydrogens is 262 g/mol. The zero-order chi connectivity index (χ0) is 12.6. The van der Waals surface area contributed by atoms with Gasteiger partial charge in [-0.15, -0.1) is 12.4 Å². The number of halogens is 1. The number of aromatic nitrogens is 2. The van der Waals surface area contributed by atoms with Crippen molar-refractivity contribution in [3.8, 4) is 5.75 Å². The van der Waals surface area contributed by atoms with Crippen LogP contribution in [0.15, 0.2) is 12.4 Å². The van der Waals surface area contributed by atoms with Gasteiger partial charge in [0, 0.05) is 6.54 Å². The first-order valence-corrected chi connectivity index (χ1v) is 7.24. The van der Waals surface area contributed by atoms with Crippen LogP contribution >= 0.6 is 12.4 Å². The van der Waals surface area contributed by atoms with Crippen molar-refractivity contribution < 1.29 is 4.74 Å². The molecule has 5 heteroatoms. The maximum absolute atomic E-state index is 5.64. The van der Waals surface area contributed by atoms with E-state index in [0.29, 0.717) is 0 Å². The predicted octanol–water partition coefficient (Wildman–Crippen LogP) is 3.00. The van der Waals surface area contributed by atoms with E-state index in [2.05, 4.69) is 5.10 Å². The average Bonchev–Trinajstić information content (AvgIpc) is 2.84. The van der Waals surface area contributed by atoms with E-state index in [0.717, 1.165) is 44.2 Å². The molecule has 0 aliphatic heterocycles. The van der Waals surface area contributed by atoms with Crippen LogP contribution in [0.25, 0.3) is 0 Å². The highest BCUT2D eigenvalue weighted by Crippen LogP contribution is 2.25. The summed E-state index contributed by atoms with van der Waals surface area (Å²) in [5.41, 5.74) is 5.44. The van der Waals surface area contributed by atoms with Crippen molar-refractivity contribution in [3.05, 3.63) is 12.4 Å². The van der Waals surface area contributed by atoms with Crippen LogP contribution in [0.2, 0.25) is 0 Å². The summed E-state index contributed by atoms with van der Waals surface area (Å²) in [5, 5.41) is 4.38. The number of unbranched alkanes of at least 4 members (excludes halogenated alkanes) is 1. The Kier molecular flexibility index (Phi) is 7.91. The van der Waals surface area contributed by atoms with Gasteiger partial charge in [-0.2, -0.15) is 5.10 Å². The second-order valence-electron chi connectivity index (χ2n) is 5.25. The molecule has 0 radical (unpaired) electrons. The lowest BCUT2D eigenvalue weighted by Crippen LogP contribution is -2.14. The predicted molar refractivity (Wildman–Crippen MR) is 79.8 cm³/mol. The van der Waals surface area contributed by atoms with Gasteiger partial charge in [-0.25, -0.2) is 0 Å². The summed E-state index contributed by atoms with van der Waals surface area (Å²) in [6, 6.07) is 0. The van der Waals surface area contributed by atoms with Gasteiger partial charge in [0.25, 0.3) is 0 Å². The molecule has 1 saturated carbocycles. The van der Waals surface area contributed by atoms with Crippen LogP contribution in [-0.2, 0) is 6.54 Å². The highest BCUT2D eigenvalue weighted by Gasteiger charge is 2.14. The SMILES string of the molecule is Cl.NCCCCOc1cnn(CC2CCCCC2)c1. The molecule has 0 bridgehead atoms. The molecule has 110 valence electrons. The first-order chi connectivity index (χ1) is 8.88. The fourth-order valence-corrected chi connectivity index (χ4v) is 2.59. The third kappa shape index (κ3) is 5.83. The van der Waals surface area contributed by atoms with E-state index >= 15 is 0 Å². The van der Waals surface area contributed by atoms with Gasteiger partial charge in [0.2, 0.25) is 0 Å². The van der Waals surface area contributed by atoms with E-state index in [-0.39, 0.29) is 12.4 Å². The molecule has 0 unspecified atom stereocenters. The molecule has 0 atom stereocenters. The molecule has 1 aromatic rings. The zero-order valence-corrected chi connectivity index (χ0v) is 12.4. The minimum Gasteiger partial charge on any atom is -0.490 e. The molecule has 1 aliphatic carbocycles. The number of nitrogens with zero attached hydrogens (tertiary/aromatic N) is 2. The summed E-state index contributed by atoms with van der Waals surface area (Å²) >= 11 is 0. The highest BCUT2D eigenvalue weighted by atomic mass is 35.5. The number of ether oxygens (including phenoxy) is 1. The summed E-state index contributed by atoms with van der Waals surface area (Å²) in [6.45, 7) is 2.53. The van der Waals surface area contributed by atoms with Crippen LogP contribution < -0.4 is 10.5 Å². The van der Waals surface area contributed by atoms with Crippen LogP contribution in [0.3, 0.4) is 0 Å². The molecule has 1 aromatic heterocycles. The Morgan fingerprint density at radius 3 is 2.79 bits per heavy atom. The molecule has 19 heavy (non-hydrogen) atoms. The van der Waals surface area contributed by atoms with Gasteiger partial charge in [-0.05, 0) is 38.1 Å². The second kappa shape index (κ2) is 9.21. The van der Waals surface area contributed by atoms with Crippen LogP contribution in [0, 0.1) is 5.92 Å². The molecular formula is C14H26ClN3O. The van der Waals surface area contributed by atoms with Crippen molar-refractivity contribution in [2.75, 3.05) is 13.2 Å². The van der Waals surface area contributed by atoms with Gasteiger partial charge in [-0.1, -0.05) is 19.3 Å². The van der Waals surface area contributed by atoms with Crippen LogP contribution in [0.1, 0.15) is 44.9 Å². The zero-order valence-electron chi connectivity index (χ0n) is 11.6. The lowest BCUT2D eigenvalue weighted by atomic mass is 9.89. The number of hydrogen-bond acceptors (Lipinski definition) is 3. The molecule has 4 nitrogen and oxygen atoms in total. The fourth-order valence-electron chi connectivity index (χ4n) is 2.59. The van der Waals surface area contributed by atoms with E-state index in [1.807, 2.05) is 17.1 Å².